The van der Waals surface area contributed by atoms with Gasteiger partial charge in [-0.2, -0.15) is 0 Å². The van der Waals surface area contributed by atoms with Gasteiger partial charge in [-0.05, 0) is 0 Å². The summed E-state index contributed by atoms with van der Waals surface area (Å²) >= 11 is 0. The minimum absolute atomic E-state index is 2.03. The van der Waals surface area contributed by atoms with Crippen molar-refractivity contribution in [1.82, 2.24) is 0 Å². The van der Waals surface area contributed by atoms with E-state index < -0.39 is 43.5 Å². The molecule has 10 heteroatoms. The van der Waals surface area contributed by atoms with Crippen LogP contribution >= 0.6 is 7.60 Å². The normalized spacial score (nSPS) is 50.4. The van der Waals surface area contributed by atoms with Gasteiger partial charge in [0.1, 0.15) is 30.5 Å². The molecule has 0 aromatic carbocycles. The van der Waals surface area contributed by atoms with E-state index in [1.807, 2.05) is 0 Å². The summed E-state index contributed by atoms with van der Waals surface area (Å²) in [5, 5.41) is 52.0. The summed E-state index contributed by atoms with van der Waals surface area (Å²) in [5.74, 6) is 0. The second-order valence-corrected chi connectivity index (χ2v) is 5.49. The van der Waals surface area contributed by atoms with Crippen LogP contribution in [0.4, 0.5) is 0 Å². The van der Waals surface area contributed by atoms with Crippen LogP contribution in [-0.2, 0) is 4.57 Å². The monoisotopic (exact) mass is 260 g/mol. The summed E-state index contributed by atoms with van der Waals surface area (Å²) in [6, 6.07) is 0. The Balaban J connectivity index is 3.24. The summed E-state index contributed by atoms with van der Waals surface area (Å²) in [7, 11) is -5.44. The van der Waals surface area contributed by atoms with Crippen LogP contribution in [-0.4, -0.2) is 76.3 Å². The summed E-state index contributed by atoms with van der Waals surface area (Å²) < 4.78 is 10.9. The Morgan fingerprint density at radius 2 is 1.12 bits per heavy atom. The molecule has 0 aliphatic heterocycles. The molecular weight excluding hydrogens is 247 g/mol. The van der Waals surface area contributed by atoms with Gasteiger partial charge >= 0.3 is 7.60 Å². The van der Waals surface area contributed by atoms with Crippen molar-refractivity contribution >= 4 is 7.60 Å². The fraction of sp³-hybridized carbons (Fsp3) is 1.00. The molecule has 96 valence electrons. The SMILES string of the molecule is O=P(O)(O)C1(O)[C@@H](O)[C@H](O)C(O)[C@H](O)[C@@H]1O. The lowest BCUT2D eigenvalue weighted by atomic mass is 9.84. The lowest BCUT2D eigenvalue weighted by molar-refractivity contribution is -0.243. The molecule has 0 bridgehead atoms. The third kappa shape index (κ3) is 1.70. The molecule has 0 radical (unpaired) electrons. The van der Waals surface area contributed by atoms with Gasteiger partial charge in [-0.1, -0.05) is 0 Å². The standard InChI is InChI=1S/C6H13O9P/c7-1-2(8)4(10)6(12,16(13,14)15)5(11)3(1)9/h1-5,7-12H,(H2,13,14,15)/t1?,2-,3+,4-,5-,6?/m0/s1. The molecule has 6 atom stereocenters. The Morgan fingerprint density at radius 3 is 1.38 bits per heavy atom. The molecule has 1 fully saturated rings. The van der Waals surface area contributed by atoms with Crippen LogP contribution in [0.2, 0.25) is 0 Å². The molecule has 0 saturated heterocycles. The highest BCUT2D eigenvalue weighted by atomic mass is 31.2. The third-order valence-corrected chi connectivity index (χ3v) is 4.15. The average molecular weight is 260 g/mol. The van der Waals surface area contributed by atoms with Crippen LogP contribution in [0.25, 0.3) is 0 Å². The van der Waals surface area contributed by atoms with Crippen molar-refractivity contribution in [2.45, 2.75) is 35.9 Å². The van der Waals surface area contributed by atoms with Gasteiger partial charge < -0.3 is 40.4 Å². The summed E-state index contributed by atoms with van der Waals surface area (Å²) in [6.45, 7) is 0. The van der Waals surface area contributed by atoms with Crippen LogP contribution in [0.15, 0.2) is 0 Å². The molecule has 1 saturated carbocycles. The second kappa shape index (κ2) is 3.98. The highest BCUT2D eigenvalue weighted by molar-refractivity contribution is 7.53. The maximum Gasteiger partial charge on any atom is 0.362 e. The predicted octanol–water partition coefficient (Wildman–Crippen LogP) is -4.33. The zero-order valence-corrected chi connectivity index (χ0v) is 8.71. The molecule has 8 N–H and O–H groups in total. The maximum atomic E-state index is 10.9. The zero-order valence-electron chi connectivity index (χ0n) is 7.82. The van der Waals surface area contributed by atoms with Crippen molar-refractivity contribution in [2.75, 3.05) is 0 Å². The third-order valence-electron chi connectivity index (χ3n) is 2.68. The Bertz CT molecular complexity index is 297. The van der Waals surface area contributed by atoms with E-state index in [1.165, 1.54) is 0 Å². The largest absolute Gasteiger partial charge is 0.387 e. The quantitative estimate of drug-likeness (QED) is 0.216. The molecule has 16 heavy (non-hydrogen) atoms. The van der Waals surface area contributed by atoms with Crippen molar-refractivity contribution in [3.8, 4) is 0 Å². The molecule has 0 spiro atoms. The first kappa shape index (κ1) is 14.0. The Kier molecular flexibility index (Phi) is 3.48. The first-order chi connectivity index (χ1) is 7.05. The lowest BCUT2D eigenvalue weighted by Crippen LogP contribution is -2.70. The minimum Gasteiger partial charge on any atom is -0.387 e. The maximum absolute atomic E-state index is 10.9. The van der Waals surface area contributed by atoms with Crippen LogP contribution in [0, 0.1) is 0 Å². The van der Waals surface area contributed by atoms with E-state index in [-0.39, 0.29) is 0 Å². The smallest absolute Gasteiger partial charge is 0.362 e. The number of aliphatic hydroxyl groups is 6. The van der Waals surface area contributed by atoms with Crippen LogP contribution in [0.3, 0.4) is 0 Å². The van der Waals surface area contributed by atoms with Crippen molar-refractivity contribution in [3.63, 3.8) is 0 Å². The molecule has 9 nitrogen and oxygen atoms in total. The van der Waals surface area contributed by atoms with Crippen LogP contribution < -0.4 is 0 Å². The van der Waals surface area contributed by atoms with Crippen LogP contribution in [0.1, 0.15) is 0 Å². The molecule has 0 amide bonds. The fourth-order valence-corrected chi connectivity index (χ4v) is 2.59. The second-order valence-electron chi connectivity index (χ2n) is 3.69. The van der Waals surface area contributed by atoms with E-state index in [9.17, 15) is 19.9 Å². The molecule has 1 rings (SSSR count). The van der Waals surface area contributed by atoms with Gasteiger partial charge in [-0.25, -0.2) is 0 Å². The average Bonchev–Trinajstić information content (AvgIpc) is 2.19. The van der Waals surface area contributed by atoms with Crippen molar-refractivity contribution in [2.24, 2.45) is 0 Å². The predicted molar refractivity (Wildman–Crippen MR) is 47.0 cm³/mol. The van der Waals surface area contributed by atoms with Gasteiger partial charge in [0.25, 0.3) is 0 Å². The van der Waals surface area contributed by atoms with Gasteiger partial charge in [0.05, 0.1) is 0 Å². The molecule has 1 aliphatic carbocycles. The number of hydrogen-bond acceptors (Lipinski definition) is 7. The zero-order chi connectivity index (χ0) is 12.9. The summed E-state index contributed by atoms with van der Waals surface area (Å²) in [4.78, 5) is 17.6. The van der Waals surface area contributed by atoms with E-state index in [2.05, 4.69) is 0 Å². The van der Waals surface area contributed by atoms with E-state index in [1.54, 1.807) is 0 Å². The first-order valence-electron chi connectivity index (χ1n) is 4.23. The van der Waals surface area contributed by atoms with E-state index in [4.69, 9.17) is 25.1 Å². The van der Waals surface area contributed by atoms with Gasteiger partial charge in [0.2, 0.25) is 5.34 Å². The lowest BCUT2D eigenvalue weighted by Gasteiger charge is -2.47. The van der Waals surface area contributed by atoms with Crippen molar-refractivity contribution in [1.29, 1.82) is 0 Å². The van der Waals surface area contributed by atoms with Crippen molar-refractivity contribution in [3.05, 3.63) is 0 Å². The van der Waals surface area contributed by atoms with Crippen LogP contribution in [0.5, 0.6) is 0 Å². The highest BCUT2D eigenvalue weighted by Crippen LogP contribution is 2.55. The molecule has 2 unspecified atom stereocenters. The Morgan fingerprint density at radius 1 is 0.812 bits per heavy atom. The summed E-state index contributed by atoms with van der Waals surface area (Å²) in [5.41, 5.74) is 0. The first-order valence-corrected chi connectivity index (χ1v) is 5.84. The Hall–Kier alpha value is -0.0900. The highest BCUT2D eigenvalue weighted by Gasteiger charge is 2.66. The molecule has 0 heterocycles. The van der Waals surface area contributed by atoms with E-state index in [0.29, 0.717) is 0 Å². The van der Waals surface area contributed by atoms with Gasteiger partial charge in [0.15, 0.2) is 0 Å². The Labute approximate surface area is 89.4 Å². The number of hydrogen-bond donors (Lipinski definition) is 8. The number of rotatable bonds is 1. The fourth-order valence-electron chi connectivity index (χ4n) is 1.60. The summed E-state index contributed by atoms with van der Waals surface area (Å²) in [6.07, 6.45) is -11.4. The number of aliphatic hydroxyl groups excluding tert-OH is 5. The van der Waals surface area contributed by atoms with E-state index in [0.717, 1.165) is 0 Å². The van der Waals surface area contributed by atoms with E-state index >= 15 is 0 Å². The molecule has 0 aromatic heterocycles. The minimum atomic E-state index is -5.44. The van der Waals surface area contributed by atoms with Gasteiger partial charge in [-0.3, -0.25) is 4.57 Å². The van der Waals surface area contributed by atoms with Crippen molar-refractivity contribution < 1.29 is 45.0 Å². The van der Waals surface area contributed by atoms with Gasteiger partial charge in [-0.15, -0.1) is 0 Å². The molecule has 0 aromatic rings. The molecular formula is C6H13O9P. The topological polar surface area (TPSA) is 179 Å². The molecule has 1 aliphatic rings. The van der Waals surface area contributed by atoms with Gasteiger partial charge in [0, 0.05) is 0 Å².